The molecule has 11 nitrogen and oxygen atoms in total. The van der Waals surface area contributed by atoms with E-state index in [4.69, 9.17) is 37.4 Å². The average Bonchev–Trinajstić information content (AvgIpc) is 2.77. The SMILES string of the molecule is COc1ccc(Oc2ncnc(NNC(=O)COc3ccc(Cl)cc3Cl)c2[N+](=O)[O-])cc1. The van der Waals surface area contributed by atoms with Gasteiger partial charge < -0.3 is 14.2 Å². The normalized spacial score (nSPS) is 10.2. The van der Waals surface area contributed by atoms with Gasteiger partial charge in [0.25, 0.3) is 5.91 Å². The lowest BCUT2D eigenvalue weighted by Crippen LogP contribution is -2.34. The second-order valence-corrected chi connectivity index (χ2v) is 6.79. The number of nitrogens with zero attached hydrogens (tertiary/aromatic N) is 3. The third-order valence-electron chi connectivity index (χ3n) is 3.82. The van der Waals surface area contributed by atoms with Crippen LogP contribution in [0.25, 0.3) is 0 Å². The number of halogens is 2. The quantitative estimate of drug-likeness (QED) is 0.344. The third-order valence-corrected chi connectivity index (χ3v) is 4.35. The van der Waals surface area contributed by atoms with Crippen molar-refractivity contribution in [2.45, 2.75) is 0 Å². The summed E-state index contributed by atoms with van der Waals surface area (Å²) in [5.74, 6) is -0.143. The van der Waals surface area contributed by atoms with Crippen molar-refractivity contribution in [1.82, 2.24) is 15.4 Å². The van der Waals surface area contributed by atoms with E-state index in [-0.39, 0.29) is 28.2 Å². The van der Waals surface area contributed by atoms with Crippen molar-refractivity contribution in [3.63, 3.8) is 0 Å². The molecule has 1 amide bonds. The van der Waals surface area contributed by atoms with Gasteiger partial charge in [0.15, 0.2) is 6.61 Å². The molecule has 0 saturated heterocycles. The Morgan fingerprint density at radius 2 is 1.84 bits per heavy atom. The van der Waals surface area contributed by atoms with Crippen LogP contribution in [0.4, 0.5) is 11.5 Å². The molecule has 0 fully saturated rings. The molecule has 0 spiro atoms. The maximum Gasteiger partial charge on any atom is 0.374 e. The van der Waals surface area contributed by atoms with E-state index < -0.39 is 23.1 Å². The molecule has 0 radical (unpaired) electrons. The zero-order valence-electron chi connectivity index (χ0n) is 16.4. The lowest BCUT2D eigenvalue weighted by Gasteiger charge is -2.11. The first-order valence-electron chi connectivity index (χ1n) is 8.81. The molecule has 166 valence electrons. The monoisotopic (exact) mass is 479 g/mol. The number of carbonyl (C=O) groups excluding carboxylic acids is 1. The summed E-state index contributed by atoms with van der Waals surface area (Å²) in [4.78, 5) is 30.5. The van der Waals surface area contributed by atoms with Crippen LogP contribution in [0.1, 0.15) is 0 Å². The molecular weight excluding hydrogens is 465 g/mol. The fourth-order valence-corrected chi connectivity index (χ4v) is 2.81. The zero-order chi connectivity index (χ0) is 23.1. The number of benzene rings is 2. The van der Waals surface area contributed by atoms with Crippen molar-refractivity contribution in [1.29, 1.82) is 0 Å². The molecule has 0 aliphatic rings. The Morgan fingerprint density at radius 1 is 1.12 bits per heavy atom. The summed E-state index contributed by atoms with van der Waals surface area (Å²) in [7, 11) is 1.51. The van der Waals surface area contributed by atoms with Crippen molar-refractivity contribution < 1.29 is 23.9 Å². The first-order chi connectivity index (χ1) is 15.4. The molecule has 2 N–H and O–H groups in total. The van der Waals surface area contributed by atoms with Crippen LogP contribution in [0.3, 0.4) is 0 Å². The van der Waals surface area contributed by atoms with Crippen LogP contribution in [-0.4, -0.2) is 34.5 Å². The molecule has 0 bridgehead atoms. The summed E-state index contributed by atoms with van der Waals surface area (Å²) >= 11 is 11.8. The van der Waals surface area contributed by atoms with Gasteiger partial charge in [-0.25, -0.2) is 4.98 Å². The minimum Gasteiger partial charge on any atom is -0.497 e. The summed E-state index contributed by atoms with van der Waals surface area (Å²) in [6.07, 6.45) is 1.05. The van der Waals surface area contributed by atoms with Gasteiger partial charge >= 0.3 is 11.6 Å². The smallest absolute Gasteiger partial charge is 0.374 e. The Kier molecular flexibility index (Phi) is 7.47. The van der Waals surface area contributed by atoms with Crippen LogP contribution in [0.2, 0.25) is 10.0 Å². The van der Waals surface area contributed by atoms with Gasteiger partial charge in [0, 0.05) is 5.02 Å². The molecule has 0 atom stereocenters. The molecular formula is C19H15Cl2N5O6. The highest BCUT2D eigenvalue weighted by Crippen LogP contribution is 2.34. The van der Waals surface area contributed by atoms with Crippen LogP contribution in [-0.2, 0) is 4.79 Å². The second-order valence-electron chi connectivity index (χ2n) is 5.95. The van der Waals surface area contributed by atoms with Crippen molar-refractivity contribution in [3.8, 4) is 23.1 Å². The minimum absolute atomic E-state index is 0.227. The summed E-state index contributed by atoms with van der Waals surface area (Å²) in [5, 5.41) is 12.2. The van der Waals surface area contributed by atoms with Crippen molar-refractivity contribution in [3.05, 3.63) is 69.0 Å². The van der Waals surface area contributed by atoms with E-state index in [9.17, 15) is 14.9 Å². The van der Waals surface area contributed by atoms with Gasteiger partial charge in [-0.05, 0) is 42.5 Å². The molecule has 1 aromatic heterocycles. The molecule has 0 unspecified atom stereocenters. The van der Waals surface area contributed by atoms with Crippen LogP contribution < -0.4 is 25.1 Å². The van der Waals surface area contributed by atoms with E-state index in [2.05, 4.69) is 20.8 Å². The van der Waals surface area contributed by atoms with Gasteiger partial charge in [-0.1, -0.05) is 23.2 Å². The molecule has 3 aromatic rings. The predicted molar refractivity (Wildman–Crippen MR) is 115 cm³/mol. The lowest BCUT2D eigenvalue weighted by molar-refractivity contribution is -0.385. The van der Waals surface area contributed by atoms with Gasteiger partial charge in [0.05, 0.1) is 17.1 Å². The van der Waals surface area contributed by atoms with Gasteiger partial charge in [-0.15, -0.1) is 0 Å². The Balaban J connectivity index is 1.67. The molecule has 32 heavy (non-hydrogen) atoms. The average molecular weight is 480 g/mol. The molecule has 0 aliphatic carbocycles. The number of rotatable bonds is 9. The largest absolute Gasteiger partial charge is 0.497 e. The molecule has 1 heterocycles. The zero-order valence-corrected chi connectivity index (χ0v) is 17.9. The first kappa shape index (κ1) is 22.8. The Labute approximate surface area is 191 Å². The van der Waals surface area contributed by atoms with Crippen molar-refractivity contribution >= 4 is 40.6 Å². The number of hydrogen-bond donors (Lipinski definition) is 2. The van der Waals surface area contributed by atoms with E-state index in [0.717, 1.165) is 6.33 Å². The number of amides is 1. The fraction of sp³-hybridized carbons (Fsp3) is 0.105. The van der Waals surface area contributed by atoms with Crippen LogP contribution >= 0.6 is 23.2 Å². The molecule has 2 aromatic carbocycles. The van der Waals surface area contributed by atoms with Crippen LogP contribution in [0, 0.1) is 10.1 Å². The van der Waals surface area contributed by atoms with Gasteiger partial charge in [-0.2, -0.15) is 4.98 Å². The highest BCUT2D eigenvalue weighted by Gasteiger charge is 2.25. The van der Waals surface area contributed by atoms with E-state index in [1.807, 2.05) is 0 Å². The first-order valence-corrected chi connectivity index (χ1v) is 9.57. The standard InChI is InChI=1S/C19H15Cl2N5O6/c1-30-12-3-5-13(6-4-12)32-19-17(26(28)29)18(22-10-23-19)25-24-16(27)9-31-15-7-2-11(20)8-14(15)21/h2-8,10H,9H2,1H3,(H,24,27)(H,22,23,25). The topological polar surface area (TPSA) is 138 Å². The maximum atomic E-state index is 12.1. The predicted octanol–water partition coefficient (Wildman–Crippen LogP) is 4.01. The van der Waals surface area contributed by atoms with E-state index >= 15 is 0 Å². The number of carbonyl (C=O) groups is 1. The molecule has 0 saturated carbocycles. The Bertz CT molecular complexity index is 1130. The number of nitrogens with one attached hydrogen (secondary N) is 2. The van der Waals surface area contributed by atoms with Gasteiger partial charge in [0.1, 0.15) is 23.6 Å². The van der Waals surface area contributed by atoms with Crippen molar-refractivity contribution in [2.24, 2.45) is 0 Å². The van der Waals surface area contributed by atoms with Crippen LogP contribution in [0.15, 0.2) is 48.8 Å². The summed E-state index contributed by atoms with van der Waals surface area (Å²) in [6, 6.07) is 10.9. The highest BCUT2D eigenvalue weighted by atomic mass is 35.5. The number of ether oxygens (including phenoxy) is 3. The van der Waals surface area contributed by atoms with Crippen LogP contribution in [0.5, 0.6) is 23.1 Å². The molecule has 0 aliphatic heterocycles. The fourth-order valence-electron chi connectivity index (χ4n) is 2.35. The summed E-state index contributed by atoms with van der Waals surface area (Å²) < 4.78 is 15.8. The number of hydrogen-bond acceptors (Lipinski definition) is 9. The number of anilines is 1. The maximum absolute atomic E-state index is 12.1. The second kappa shape index (κ2) is 10.5. The van der Waals surface area contributed by atoms with E-state index in [0.29, 0.717) is 10.8 Å². The summed E-state index contributed by atoms with van der Waals surface area (Å²) in [5.41, 5.74) is 4.05. The van der Waals surface area contributed by atoms with E-state index in [1.165, 1.54) is 19.2 Å². The van der Waals surface area contributed by atoms with E-state index in [1.54, 1.807) is 30.3 Å². The lowest BCUT2D eigenvalue weighted by atomic mass is 10.3. The Morgan fingerprint density at radius 3 is 2.50 bits per heavy atom. The summed E-state index contributed by atoms with van der Waals surface area (Å²) in [6.45, 7) is -0.428. The molecule has 13 heteroatoms. The number of aromatic nitrogens is 2. The number of hydrazine groups is 1. The Hall–Kier alpha value is -3.83. The molecule has 3 rings (SSSR count). The van der Waals surface area contributed by atoms with Gasteiger partial charge in [0.2, 0.25) is 5.82 Å². The minimum atomic E-state index is -0.739. The highest BCUT2D eigenvalue weighted by molar-refractivity contribution is 6.35. The van der Waals surface area contributed by atoms with Crippen molar-refractivity contribution in [2.75, 3.05) is 19.1 Å². The number of methoxy groups -OCH3 is 1. The van der Waals surface area contributed by atoms with Gasteiger partial charge in [-0.3, -0.25) is 25.8 Å². The number of nitro groups is 1. The third kappa shape index (κ3) is 5.86.